The van der Waals surface area contributed by atoms with E-state index in [-0.39, 0.29) is 5.82 Å². The average Bonchev–Trinajstić information content (AvgIpc) is 3.26. The summed E-state index contributed by atoms with van der Waals surface area (Å²) >= 11 is 0. The lowest BCUT2D eigenvalue weighted by Crippen LogP contribution is -1.98. The number of hydrogen-bond acceptors (Lipinski definition) is 3. The van der Waals surface area contributed by atoms with Crippen molar-refractivity contribution >= 4 is 11.0 Å². The Bertz CT molecular complexity index is 820. The van der Waals surface area contributed by atoms with Crippen molar-refractivity contribution in [2.24, 2.45) is 5.73 Å². The number of hydrogen-bond donors (Lipinski definition) is 1. The first-order chi connectivity index (χ1) is 10.3. The molecule has 0 amide bonds. The third kappa shape index (κ3) is 2.10. The largest absolute Gasteiger partial charge is 0.326 e. The molecule has 2 aromatic heterocycles. The van der Waals surface area contributed by atoms with E-state index in [1.54, 1.807) is 6.20 Å². The van der Waals surface area contributed by atoms with Crippen molar-refractivity contribution < 1.29 is 4.39 Å². The van der Waals surface area contributed by atoms with Crippen LogP contribution >= 0.6 is 0 Å². The molecule has 2 heterocycles. The predicted molar refractivity (Wildman–Crippen MR) is 79.1 cm³/mol. The van der Waals surface area contributed by atoms with E-state index in [0.29, 0.717) is 18.2 Å². The van der Waals surface area contributed by atoms with Gasteiger partial charge in [0.1, 0.15) is 11.6 Å². The molecule has 0 atom stereocenters. The Kier molecular flexibility index (Phi) is 2.75. The maximum atomic E-state index is 13.5. The van der Waals surface area contributed by atoms with E-state index < -0.39 is 0 Å². The van der Waals surface area contributed by atoms with Crippen molar-refractivity contribution in [1.82, 2.24) is 14.5 Å². The molecule has 21 heavy (non-hydrogen) atoms. The monoisotopic (exact) mass is 282 g/mol. The molecule has 0 saturated heterocycles. The van der Waals surface area contributed by atoms with Crippen molar-refractivity contribution in [2.75, 3.05) is 0 Å². The predicted octanol–water partition coefficient (Wildman–Crippen LogP) is 3.03. The van der Waals surface area contributed by atoms with E-state index in [2.05, 4.69) is 15.6 Å². The van der Waals surface area contributed by atoms with Gasteiger partial charge in [-0.2, -0.15) is 0 Å². The van der Waals surface area contributed by atoms with Gasteiger partial charge in [0.05, 0.1) is 17.2 Å². The van der Waals surface area contributed by atoms with Crippen molar-refractivity contribution in [3.63, 3.8) is 0 Å². The van der Waals surface area contributed by atoms with Crippen molar-refractivity contribution in [3.8, 4) is 11.4 Å². The summed E-state index contributed by atoms with van der Waals surface area (Å²) in [7, 11) is 0. The number of pyridine rings is 1. The molecule has 0 spiro atoms. The molecule has 0 bridgehead atoms. The minimum Gasteiger partial charge on any atom is -0.326 e. The van der Waals surface area contributed by atoms with Crippen LogP contribution in [0.15, 0.2) is 36.7 Å². The molecule has 1 aliphatic rings. The molecule has 0 radical (unpaired) electrons. The number of benzene rings is 1. The van der Waals surface area contributed by atoms with Crippen LogP contribution in [0.2, 0.25) is 0 Å². The second-order valence-electron chi connectivity index (χ2n) is 5.46. The highest BCUT2D eigenvalue weighted by molar-refractivity contribution is 5.81. The number of rotatable bonds is 3. The minimum absolute atomic E-state index is 0.343. The molecule has 2 N–H and O–H groups in total. The molecule has 106 valence electrons. The van der Waals surface area contributed by atoms with E-state index in [0.717, 1.165) is 35.3 Å². The summed E-state index contributed by atoms with van der Waals surface area (Å²) in [6.45, 7) is 0.489. The highest BCUT2D eigenvalue weighted by atomic mass is 19.1. The van der Waals surface area contributed by atoms with Gasteiger partial charge in [-0.05, 0) is 36.6 Å². The summed E-state index contributed by atoms with van der Waals surface area (Å²) in [5.74, 6) is 0.443. The van der Waals surface area contributed by atoms with Gasteiger partial charge in [-0.15, -0.1) is 0 Å². The van der Waals surface area contributed by atoms with Gasteiger partial charge in [-0.1, -0.05) is 6.07 Å². The van der Waals surface area contributed by atoms with Crippen molar-refractivity contribution in [1.29, 1.82) is 0 Å². The summed E-state index contributed by atoms with van der Waals surface area (Å²) in [4.78, 5) is 8.63. The van der Waals surface area contributed by atoms with E-state index in [1.807, 2.05) is 12.1 Å². The van der Waals surface area contributed by atoms with Crippen LogP contribution in [0.3, 0.4) is 0 Å². The quantitative estimate of drug-likeness (QED) is 0.803. The van der Waals surface area contributed by atoms with Gasteiger partial charge >= 0.3 is 0 Å². The lowest BCUT2D eigenvalue weighted by atomic mass is 10.2. The molecular weight excluding hydrogens is 267 g/mol. The van der Waals surface area contributed by atoms with Crippen LogP contribution in [-0.2, 0) is 6.54 Å². The second kappa shape index (κ2) is 4.63. The fourth-order valence-corrected chi connectivity index (χ4v) is 2.71. The summed E-state index contributed by atoms with van der Waals surface area (Å²) < 4.78 is 15.7. The number of nitrogens with two attached hydrogens (primary N) is 1. The average molecular weight is 282 g/mol. The smallest absolute Gasteiger partial charge is 0.143 e. The third-order valence-corrected chi connectivity index (χ3v) is 3.86. The molecule has 1 aromatic carbocycles. The van der Waals surface area contributed by atoms with Crippen LogP contribution in [0.25, 0.3) is 22.4 Å². The molecule has 4 nitrogen and oxygen atoms in total. The van der Waals surface area contributed by atoms with Crippen molar-refractivity contribution in [2.45, 2.75) is 25.4 Å². The molecule has 0 unspecified atom stereocenters. The third-order valence-electron chi connectivity index (χ3n) is 3.86. The maximum Gasteiger partial charge on any atom is 0.143 e. The molecule has 0 aliphatic heterocycles. The Hall–Kier alpha value is -2.27. The number of nitrogens with zero attached hydrogens (tertiary/aromatic N) is 3. The highest BCUT2D eigenvalue weighted by Gasteiger charge is 2.28. The first-order valence-corrected chi connectivity index (χ1v) is 7.08. The topological polar surface area (TPSA) is 56.7 Å². The number of halogens is 1. The van der Waals surface area contributed by atoms with E-state index in [9.17, 15) is 4.39 Å². The molecule has 1 fully saturated rings. The molecular formula is C16H15FN4. The summed E-state index contributed by atoms with van der Waals surface area (Å²) in [6, 6.07) is 8.02. The minimum atomic E-state index is -0.343. The Morgan fingerprint density at radius 2 is 2.10 bits per heavy atom. The Morgan fingerprint density at radius 3 is 2.81 bits per heavy atom. The zero-order valence-electron chi connectivity index (χ0n) is 11.5. The Labute approximate surface area is 121 Å². The standard InChI is InChI=1S/C16H15FN4/c17-12-6-11(8-19-9-12)16-20-14-5-10(7-18)1-4-15(14)21(16)13-2-3-13/h1,4-6,8-9,13H,2-3,7,18H2. The van der Waals surface area contributed by atoms with Gasteiger partial charge in [-0.3, -0.25) is 4.98 Å². The number of aromatic nitrogens is 3. The number of fused-ring (bicyclic) bond motifs is 1. The van der Waals surface area contributed by atoms with Crippen molar-refractivity contribution in [3.05, 3.63) is 48.0 Å². The summed E-state index contributed by atoms with van der Waals surface area (Å²) in [5.41, 5.74) is 9.44. The van der Waals surface area contributed by atoms with Gasteiger partial charge < -0.3 is 10.3 Å². The SMILES string of the molecule is NCc1ccc2c(c1)nc(-c1cncc(F)c1)n2C1CC1. The first-order valence-electron chi connectivity index (χ1n) is 7.08. The van der Waals surface area contributed by atoms with Crippen LogP contribution in [0.1, 0.15) is 24.4 Å². The number of imidazole rings is 1. The lowest BCUT2D eigenvalue weighted by Gasteiger charge is -2.07. The maximum absolute atomic E-state index is 13.5. The van der Waals surface area contributed by atoms with E-state index in [1.165, 1.54) is 12.3 Å². The summed E-state index contributed by atoms with van der Waals surface area (Å²) in [5, 5.41) is 0. The Morgan fingerprint density at radius 1 is 1.24 bits per heavy atom. The molecule has 3 aromatic rings. The van der Waals surface area contributed by atoms with Crippen LogP contribution in [0.4, 0.5) is 4.39 Å². The lowest BCUT2D eigenvalue weighted by molar-refractivity contribution is 0.621. The van der Waals surface area contributed by atoms with E-state index >= 15 is 0 Å². The van der Waals surface area contributed by atoms with Gasteiger partial charge in [0.15, 0.2) is 0 Å². The normalized spacial score (nSPS) is 14.8. The van der Waals surface area contributed by atoms with E-state index in [4.69, 9.17) is 10.7 Å². The molecule has 1 saturated carbocycles. The van der Waals surface area contributed by atoms with Gasteiger partial charge in [0, 0.05) is 24.3 Å². The molecule has 5 heteroatoms. The Balaban J connectivity index is 1.97. The first kappa shape index (κ1) is 12.5. The van der Waals surface area contributed by atoms with Crippen LogP contribution in [0.5, 0.6) is 0 Å². The van der Waals surface area contributed by atoms with Gasteiger partial charge in [0.2, 0.25) is 0 Å². The van der Waals surface area contributed by atoms with Gasteiger partial charge in [0.25, 0.3) is 0 Å². The summed E-state index contributed by atoms with van der Waals surface area (Å²) in [6.07, 6.45) is 5.15. The highest BCUT2D eigenvalue weighted by Crippen LogP contribution is 2.41. The van der Waals surface area contributed by atoms with Crippen LogP contribution in [-0.4, -0.2) is 14.5 Å². The fraction of sp³-hybridized carbons (Fsp3) is 0.250. The molecule has 1 aliphatic carbocycles. The molecule has 4 rings (SSSR count). The van der Waals surface area contributed by atoms with Crippen LogP contribution in [0, 0.1) is 5.82 Å². The second-order valence-corrected chi connectivity index (χ2v) is 5.46. The van der Waals surface area contributed by atoms with Crippen LogP contribution < -0.4 is 5.73 Å². The van der Waals surface area contributed by atoms with Gasteiger partial charge in [-0.25, -0.2) is 9.37 Å². The fourth-order valence-electron chi connectivity index (χ4n) is 2.71. The zero-order chi connectivity index (χ0) is 14.4. The zero-order valence-corrected chi connectivity index (χ0v) is 11.5.